The van der Waals surface area contributed by atoms with Crippen molar-refractivity contribution in [3.8, 4) is 0 Å². The Morgan fingerprint density at radius 1 is 1.19 bits per heavy atom. The topological polar surface area (TPSA) is 73.8 Å². The summed E-state index contributed by atoms with van der Waals surface area (Å²) < 4.78 is 25.9. The van der Waals surface area contributed by atoms with Gasteiger partial charge in [-0.3, -0.25) is 4.99 Å². The fourth-order valence-corrected chi connectivity index (χ4v) is 4.80. The van der Waals surface area contributed by atoms with Gasteiger partial charge in [0.15, 0.2) is 5.96 Å². The van der Waals surface area contributed by atoms with Crippen LogP contribution in [0.25, 0.3) is 0 Å². The Labute approximate surface area is 173 Å². The molecule has 1 spiro atoms. The maximum absolute atomic E-state index is 11.8. The lowest BCUT2D eigenvalue weighted by Crippen LogP contribution is -2.40. The van der Waals surface area contributed by atoms with Crippen LogP contribution in [0.5, 0.6) is 0 Å². The smallest absolute Gasteiger partial charge is 0.240 e. The highest BCUT2D eigenvalue weighted by Crippen LogP contribution is 2.45. The minimum Gasteiger partial charge on any atom is -0.352 e. The number of benzene rings is 1. The average molecular weight is 492 g/mol. The molecule has 2 fully saturated rings. The zero-order valence-electron chi connectivity index (χ0n) is 15.5. The summed E-state index contributed by atoms with van der Waals surface area (Å²) in [5.41, 5.74) is 1.55. The second-order valence-electron chi connectivity index (χ2n) is 7.13. The molecule has 2 N–H and O–H groups in total. The molecule has 26 heavy (non-hydrogen) atoms. The lowest BCUT2D eigenvalue weighted by Gasteiger charge is -2.26. The summed E-state index contributed by atoms with van der Waals surface area (Å²) in [5.74, 6) is 0.940. The number of hydrogen-bond acceptors (Lipinski definition) is 3. The standard InChI is InChI=1S/C18H28N4O2S.HI/c1-19-17(22-12-11-18(14-22)9-3-4-10-18)21-13-15-5-7-16(8-6-15)25(23,24)20-2;/h5-8,20H,3-4,9-14H2,1-2H3,(H,19,21);1H. The zero-order valence-corrected chi connectivity index (χ0v) is 18.6. The van der Waals surface area contributed by atoms with Crippen molar-refractivity contribution in [1.29, 1.82) is 0 Å². The highest BCUT2D eigenvalue weighted by atomic mass is 127. The normalized spacial score (nSPS) is 19.6. The number of nitrogens with zero attached hydrogens (tertiary/aromatic N) is 2. The van der Waals surface area contributed by atoms with E-state index in [0.29, 0.717) is 12.0 Å². The maximum atomic E-state index is 11.8. The molecule has 1 saturated heterocycles. The molecule has 2 aliphatic rings. The first kappa shape index (κ1) is 21.4. The van der Waals surface area contributed by atoms with Gasteiger partial charge in [0.1, 0.15) is 0 Å². The lowest BCUT2D eigenvalue weighted by molar-refractivity contribution is 0.309. The van der Waals surface area contributed by atoms with Crippen molar-refractivity contribution in [3.63, 3.8) is 0 Å². The molecule has 3 rings (SSSR count). The Morgan fingerprint density at radius 3 is 2.42 bits per heavy atom. The number of halogens is 1. The predicted molar refractivity (Wildman–Crippen MR) is 115 cm³/mol. The van der Waals surface area contributed by atoms with Crippen LogP contribution in [0.3, 0.4) is 0 Å². The second-order valence-corrected chi connectivity index (χ2v) is 9.02. The Kier molecular flexibility index (Phi) is 7.32. The lowest BCUT2D eigenvalue weighted by atomic mass is 9.86. The molecule has 0 aromatic heterocycles. The number of aliphatic imine (C=N–C) groups is 1. The van der Waals surface area contributed by atoms with Crippen LogP contribution in [0, 0.1) is 5.41 Å². The van der Waals surface area contributed by atoms with E-state index in [1.165, 1.54) is 39.2 Å². The third kappa shape index (κ3) is 4.69. The van der Waals surface area contributed by atoms with Gasteiger partial charge in [0.05, 0.1) is 4.90 Å². The van der Waals surface area contributed by atoms with Gasteiger partial charge >= 0.3 is 0 Å². The van der Waals surface area contributed by atoms with Crippen molar-refractivity contribution in [3.05, 3.63) is 29.8 Å². The molecule has 1 aromatic carbocycles. The van der Waals surface area contributed by atoms with Gasteiger partial charge in [0.25, 0.3) is 0 Å². The molecule has 0 atom stereocenters. The van der Waals surface area contributed by atoms with Gasteiger partial charge in [0.2, 0.25) is 10.0 Å². The molecule has 1 saturated carbocycles. The van der Waals surface area contributed by atoms with E-state index in [-0.39, 0.29) is 28.9 Å². The molecular weight excluding hydrogens is 463 g/mol. The van der Waals surface area contributed by atoms with Crippen LogP contribution in [0.4, 0.5) is 0 Å². The largest absolute Gasteiger partial charge is 0.352 e. The Morgan fingerprint density at radius 2 is 1.85 bits per heavy atom. The summed E-state index contributed by atoms with van der Waals surface area (Å²) in [7, 11) is -0.137. The summed E-state index contributed by atoms with van der Waals surface area (Å²) >= 11 is 0. The first-order valence-electron chi connectivity index (χ1n) is 8.96. The second kappa shape index (κ2) is 8.88. The molecule has 0 radical (unpaired) electrons. The fraction of sp³-hybridized carbons (Fsp3) is 0.611. The van der Waals surface area contributed by atoms with Crippen LogP contribution < -0.4 is 10.0 Å². The number of hydrogen-bond donors (Lipinski definition) is 2. The molecule has 1 aromatic rings. The van der Waals surface area contributed by atoms with Crippen LogP contribution in [-0.2, 0) is 16.6 Å². The monoisotopic (exact) mass is 492 g/mol. The van der Waals surface area contributed by atoms with E-state index < -0.39 is 10.0 Å². The van der Waals surface area contributed by atoms with Crippen molar-refractivity contribution in [2.24, 2.45) is 10.4 Å². The molecule has 0 amide bonds. The van der Waals surface area contributed by atoms with Crippen molar-refractivity contribution in [2.45, 2.75) is 43.5 Å². The Bertz CT molecular complexity index is 728. The van der Waals surface area contributed by atoms with E-state index in [1.54, 1.807) is 12.1 Å². The summed E-state index contributed by atoms with van der Waals surface area (Å²) in [5, 5.41) is 3.42. The molecule has 0 unspecified atom stereocenters. The van der Waals surface area contributed by atoms with Crippen LogP contribution >= 0.6 is 24.0 Å². The van der Waals surface area contributed by atoms with Crippen molar-refractivity contribution in [2.75, 3.05) is 27.2 Å². The Balaban J connectivity index is 0.00000243. The zero-order chi connectivity index (χ0) is 17.9. The van der Waals surface area contributed by atoms with E-state index in [9.17, 15) is 8.42 Å². The minimum absolute atomic E-state index is 0. The van der Waals surface area contributed by atoms with Gasteiger partial charge in [-0.05, 0) is 49.4 Å². The number of likely N-dealkylation sites (tertiary alicyclic amines) is 1. The van der Waals surface area contributed by atoms with Gasteiger partial charge in [-0.1, -0.05) is 25.0 Å². The molecule has 6 nitrogen and oxygen atoms in total. The van der Waals surface area contributed by atoms with Crippen LogP contribution in [-0.4, -0.2) is 46.5 Å². The third-order valence-corrected chi connectivity index (χ3v) is 7.00. The maximum Gasteiger partial charge on any atom is 0.240 e. The molecule has 8 heteroatoms. The molecule has 1 aliphatic heterocycles. The van der Waals surface area contributed by atoms with Crippen molar-refractivity contribution >= 4 is 40.0 Å². The molecule has 1 heterocycles. The van der Waals surface area contributed by atoms with E-state index in [0.717, 1.165) is 24.6 Å². The summed E-state index contributed by atoms with van der Waals surface area (Å²) in [6.07, 6.45) is 6.69. The molecule has 1 aliphatic carbocycles. The highest BCUT2D eigenvalue weighted by Gasteiger charge is 2.41. The van der Waals surface area contributed by atoms with Gasteiger partial charge in [-0.2, -0.15) is 0 Å². The summed E-state index contributed by atoms with van der Waals surface area (Å²) in [6.45, 7) is 2.81. The summed E-state index contributed by atoms with van der Waals surface area (Å²) in [6, 6.07) is 6.95. The molecular formula is C18H29IN4O2S. The van der Waals surface area contributed by atoms with Crippen LogP contribution in [0.2, 0.25) is 0 Å². The highest BCUT2D eigenvalue weighted by molar-refractivity contribution is 14.0. The van der Waals surface area contributed by atoms with Crippen molar-refractivity contribution < 1.29 is 8.42 Å². The van der Waals surface area contributed by atoms with Crippen LogP contribution in [0.1, 0.15) is 37.7 Å². The SMILES string of the molecule is CN=C(NCc1ccc(S(=O)(=O)NC)cc1)N1CCC2(CCCC2)C1.I. The van der Waals surface area contributed by atoms with Gasteiger partial charge in [-0.15, -0.1) is 24.0 Å². The number of nitrogens with one attached hydrogen (secondary N) is 2. The van der Waals surface area contributed by atoms with Crippen LogP contribution in [0.15, 0.2) is 34.2 Å². The predicted octanol–water partition coefficient (Wildman–Crippen LogP) is 2.55. The fourth-order valence-electron chi connectivity index (χ4n) is 4.07. The molecule has 0 bridgehead atoms. The van der Waals surface area contributed by atoms with E-state index in [4.69, 9.17) is 0 Å². The van der Waals surface area contributed by atoms with Gasteiger partial charge < -0.3 is 10.2 Å². The van der Waals surface area contributed by atoms with Gasteiger partial charge in [0, 0.05) is 26.7 Å². The summed E-state index contributed by atoms with van der Waals surface area (Å²) in [4.78, 5) is 7.08. The minimum atomic E-state index is -3.38. The number of sulfonamides is 1. The van der Waals surface area contributed by atoms with E-state index in [1.807, 2.05) is 19.2 Å². The molecule has 146 valence electrons. The number of rotatable bonds is 4. The average Bonchev–Trinajstić information content (AvgIpc) is 3.26. The van der Waals surface area contributed by atoms with Crippen molar-refractivity contribution in [1.82, 2.24) is 14.9 Å². The number of guanidine groups is 1. The van der Waals surface area contributed by atoms with E-state index >= 15 is 0 Å². The Hall–Kier alpha value is -0.870. The van der Waals surface area contributed by atoms with E-state index in [2.05, 4.69) is 19.9 Å². The quantitative estimate of drug-likeness (QED) is 0.385. The first-order chi connectivity index (χ1) is 12.0. The van der Waals surface area contributed by atoms with Gasteiger partial charge in [-0.25, -0.2) is 13.1 Å². The first-order valence-corrected chi connectivity index (χ1v) is 10.4. The third-order valence-electron chi connectivity index (χ3n) is 5.57.